The van der Waals surface area contributed by atoms with Crippen molar-refractivity contribution >= 4 is 6.09 Å². The molecule has 2 N–H and O–H groups in total. The Hall–Kier alpha value is -0.770. The third-order valence-corrected chi connectivity index (χ3v) is 4.10. The topological polar surface area (TPSA) is 50.4 Å². The molecule has 4 heteroatoms. The standard InChI is InChI=1S/C18H36N2O2/c1-17(2,3)11-12-19-15-10-8-7-9-14(15)13-20-16(21)22-18(4,5)6/h14-15,19H,7-13H2,1-6H3,(H,20,21). The van der Waals surface area contributed by atoms with Crippen molar-refractivity contribution in [2.75, 3.05) is 13.1 Å². The summed E-state index contributed by atoms with van der Waals surface area (Å²) in [6.45, 7) is 14.3. The summed E-state index contributed by atoms with van der Waals surface area (Å²) < 4.78 is 5.32. The molecule has 1 aliphatic rings. The zero-order valence-corrected chi connectivity index (χ0v) is 15.4. The van der Waals surface area contributed by atoms with E-state index >= 15 is 0 Å². The van der Waals surface area contributed by atoms with Gasteiger partial charge in [-0.1, -0.05) is 33.6 Å². The van der Waals surface area contributed by atoms with E-state index in [0.717, 1.165) is 6.54 Å². The van der Waals surface area contributed by atoms with Gasteiger partial charge in [0, 0.05) is 12.6 Å². The Morgan fingerprint density at radius 1 is 1.09 bits per heavy atom. The van der Waals surface area contributed by atoms with Crippen molar-refractivity contribution in [2.24, 2.45) is 11.3 Å². The van der Waals surface area contributed by atoms with Crippen LogP contribution < -0.4 is 10.6 Å². The molecule has 4 nitrogen and oxygen atoms in total. The minimum atomic E-state index is -0.430. The highest BCUT2D eigenvalue weighted by Crippen LogP contribution is 2.25. The van der Waals surface area contributed by atoms with Crippen molar-refractivity contribution in [1.29, 1.82) is 0 Å². The van der Waals surface area contributed by atoms with Crippen LogP contribution in [0.3, 0.4) is 0 Å². The Labute approximate surface area is 136 Å². The first kappa shape index (κ1) is 19.3. The molecule has 1 saturated carbocycles. The summed E-state index contributed by atoms with van der Waals surface area (Å²) in [7, 11) is 0. The predicted octanol–water partition coefficient (Wildman–Crippen LogP) is 4.10. The largest absolute Gasteiger partial charge is 0.444 e. The summed E-state index contributed by atoms with van der Waals surface area (Å²) in [5.41, 5.74) is -0.0626. The molecule has 2 atom stereocenters. The Balaban J connectivity index is 2.37. The van der Waals surface area contributed by atoms with Crippen molar-refractivity contribution < 1.29 is 9.53 Å². The molecule has 22 heavy (non-hydrogen) atoms. The molecule has 130 valence electrons. The van der Waals surface area contributed by atoms with Crippen LogP contribution in [0.25, 0.3) is 0 Å². The predicted molar refractivity (Wildman–Crippen MR) is 92.1 cm³/mol. The van der Waals surface area contributed by atoms with Gasteiger partial charge in [0.1, 0.15) is 5.60 Å². The maximum Gasteiger partial charge on any atom is 0.407 e. The second-order valence-corrected chi connectivity index (χ2v) is 8.80. The average Bonchev–Trinajstić information content (AvgIpc) is 2.34. The van der Waals surface area contributed by atoms with Crippen LogP contribution in [-0.2, 0) is 4.74 Å². The number of nitrogens with one attached hydrogen (secondary N) is 2. The van der Waals surface area contributed by atoms with E-state index in [1.54, 1.807) is 0 Å². The fourth-order valence-corrected chi connectivity index (χ4v) is 2.88. The Morgan fingerprint density at radius 3 is 2.32 bits per heavy atom. The first-order valence-corrected chi connectivity index (χ1v) is 8.77. The Kier molecular flexibility index (Phi) is 7.17. The number of hydrogen-bond acceptors (Lipinski definition) is 3. The molecule has 2 unspecified atom stereocenters. The van der Waals surface area contributed by atoms with Crippen molar-refractivity contribution in [3.05, 3.63) is 0 Å². The summed E-state index contributed by atoms with van der Waals surface area (Å²) in [4.78, 5) is 11.8. The smallest absolute Gasteiger partial charge is 0.407 e. The molecule has 1 amide bonds. The Morgan fingerprint density at radius 2 is 1.73 bits per heavy atom. The van der Waals surface area contributed by atoms with Gasteiger partial charge in [-0.2, -0.15) is 0 Å². The van der Waals surface area contributed by atoms with Gasteiger partial charge in [0.2, 0.25) is 0 Å². The highest BCUT2D eigenvalue weighted by atomic mass is 16.6. The minimum absolute atomic E-state index is 0.300. The molecule has 1 fully saturated rings. The molecule has 0 aromatic heterocycles. The van der Waals surface area contributed by atoms with Gasteiger partial charge in [-0.05, 0) is 57.9 Å². The number of carbonyl (C=O) groups is 1. The van der Waals surface area contributed by atoms with E-state index in [1.807, 2.05) is 20.8 Å². The van der Waals surface area contributed by atoms with Crippen LogP contribution in [0.1, 0.15) is 73.6 Å². The van der Waals surface area contributed by atoms with E-state index in [4.69, 9.17) is 4.74 Å². The van der Waals surface area contributed by atoms with Gasteiger partial charge in [-0.25, -0.2) is 4.79 Å². The SMILES string of the molecule is CC(C)(C)CCNC1CCCCC1CNC(=O)OC(C)(C)C. The molecular weight excluding hydrogens is 276 g/mol. The van der Waals surface area contributed by atoms with Crippen LogP contribution in [-0.4, -0.2) is 30.8 Å². The van der Waals surface area contributed by atoms with Gasteiger partial charge < -0.3 is 15.4 Å². The highest BCUT2D eigenvalue weighted by molar-refractivity contribution is 5.67. The molecule has 0 aromatic carbocycles. The number of rotatable bonds is 5. The fourth-order valence-electron chi connectivity index (χ4n) is 2.88. The Bertz CT molecular complexity index is 342. The lowest BCUT2D eigenvalue weighted by Crippen LogP contribution is -2.45. The van der Waals surface area contributed by atoms with Crippen molar-refractivity contribution in [3.8, 4) is 0 Å². The van der Waals surface area contributed by atoms with E-state index in [-0.39, 0.29) is 6.09 Å². The minimum Gasteiger partial charge on any atom is -0.444 e. The summed E-state index contributed by atoms with van der Waals surface area (Å²) >= 11 is 0. The number of alkyl carbamates (subject to hydrolysis) is 1. The van der Waals surface area contributed by atoms with Gasteiger partial charge in [-0.3, -0.25) is 0 Å². The second-order valence-electron chi connectivity index (χ2n) is 8.80. The molecule has 0 aliphatic heterocycles. The molecule has 0 bridgehead atoms. The van der Waals surface area contributed by atoms with Gasteiger partial charge in [0.05, 0.1) is 0 Å². The van der Waals surface area contributed by atoms with Crippen molar-refractivity contribution in [1.82, 2.24) is 10.6 Å². The normalized spacial score (nSPS) is 23.2. The quantitative estimate of drug-likeness (QED) is 0.803. The summed E-state index contributed by atoms with van der Waals surface area (Å²) in [5, 5.41) is 6.65. The van der Waals surface area contributed by atoms with Crippen LogP contribution in [0, 0.1) is 11.3 Å². The lowest BCUT2D eigenvalue weighted by atomic mass is 9.84. The number of carbonyl (C=O) groups excluding carboxylic acids is 1. The molecule has 1 rings (SSSR count). The van der Waals surface area contributed by atoms with E-state index in [0.29, 0.717) is 23.9 Å². The summed E-state index contributed by atoms with van der Waals surface area (Å²) in [6, 6.07) is 0.519. The zero-order valence-electron chi connectivity index (χ0n) is 15.4. The highest BCUT2D eigenvalue weighted by Gasteiger charge is 2.26. The van der Waals surface area contributed by atoms with Crippen molar-refractivity contribution in [2.45, 2.75) is 85.3 Å². The monoisotopic (exact) mass is 312 g/mol. The van der Waals surface area contributed by atoms with Gasteiger partial charge in [0.25, 0.3) is 0 Å². The van der Waals surface area contributed by atoms with Crippen LogP contribution in [0.4, 0.5) is 4.79 Å². The molecule has 0 radical (unpaired) electrons. The molecule has 0 aromatic rings. The van der Waals surface area contributed by atoms with Gasteiger partial charge in [-0.15, -0.1) is 0 Å². The summed E-state index contributed by atoms with van der Waals surface area (Å²) in [6.07, 6.45) is 5.82. The maximum absolute atomic E-state index is 11.8. The molecule has 0 spiro atoms. The lowest BCUT2D eigenvalue weighted by Gasteiger charge is -2.33. The first-order chi connectivity index (χ1) is 10.1. The lowest BCUT2D eigenvalue weighted by molar-refractivity contribution is 0.0510. The molecule has 1 aliphatic carbocycles. The van der Waals surface area contributed by atoms with Crippen LogP contribution in [0.15, 0.2) is 0 Å². The van der Waals surface area contributed by atoms with E-state index in [1.165, 1.54) is 32.1 Å². The van der Waals surface area contributed by atoms with E-state index in [9.17, 15) is 4.79 Å². The van der Waals surface area contributed by atoms with Gasteiger partial charge in [0.15, 0.2) is 0 Å². The third-order valence-electron chi connectivity index (χ3n) is 4.10. The molecule has 0 heterocycles. The molecule has 0 saturated heterocycles. The van der Waals surface area contributed by atoms with E-state index < -0.39 is 5.60 Å². The second kappa shape index (κ2) is 8.19. The average molecular weight is 312 g/mol. The van der Waals surface area contributed by atoms with Crippen LogP contribution in [0.5, 0.6) is 0 Å². The zero-order chi connectivity index (χ0) is 16.8. The van der Waals surface area contributed by atoms with Crippen LogP contribution >= 0.6 is 0 Å². The summed E-state index contributed by atoms with van der Waals surface area (Å²) in [5.74, 6) is 0.515. The number of amides is 1. The third kappa shape index (κ3) is 8.62. The molecular formula is C18H36N2O2. The van der Waals surface area contributed by atoms with Gasteiger partial charge >= 0.3 is 6.09 Å². The van der Waals surface area contributed by atoms with Crippen LogP contribution in [0.2, 0.25) is 0 Å². The van der Waals surface area contributed by atoms with Crippen molar-refractivity contribution in [3.63, 3.8) is 0 Å². The maximum atomic E-state index is 11.8. The fraction of sp³-hybridized carbons (Fsp3) is 0.944. The number of ether oxygens (including phenoxy) is 1. The first-order valence-electron chi connectivity index (χ1n) is 8.77. The van der Waals surface area contributed by atoms with E-state index in [2.05, 4.69) is 31.4 Å². The number of hydrogen-bond donors (Lipinski definition) is 2.